The molecule has 0 radical (unpaired) electrons. The lowest BCUT2D eigenvalue weighted by Crippen LogP contribution is -2.35. The average molecular weight is 381 g/mol. The molecule has 2 rings (SSSR count). The molecule has 0 aliphatic rings. The van der Waals surface area contributed by atoms with E-state index in [1.807, 2.05) is 48.3 Å². The van der Waals surface area contributed by atoms with Gasteiger partial charge in [-0.05, 0) is 48.9 Å². The van der Waals surface area contributed by atoms with E-state index in [1.165, 1.54) is 0 Å². The lowest BCUT2D eigenvalue weighted by atomic mass is 10.1. The third kappa shape index (κ3) is 6.58. The van der Waals surface area contributed by atoms with Gasteiger partial charge in [-0.2, -0.15) is 0 Å². The van der Waals surface area contributed by atoms with Crippen LogP contribution in [-0.2, 0) is 17.8 Å². The normalized spacial score (nSPS) is 10.8. The third-order valence-electron chi connectivity index (χ3n) is 3.74. The largest absolute Gasteiger partial charge is 0.497 e. The van der Waals surface area contributed by atoms with Crippen molar-refractivity contribution in [2.75, 3.05) is 27.2 Å². The summed E-state index contributed by atoms with van der Waals surface area (Å²) in [5, 5.41) is 3.99. The van der Waals surface area contributed by atoms with Crippen LogP contribution in [0.5, 0.6) is 5.75 Å². The summed E-state index contributed by atoms with van der Waals surface area (Å²) in [7, 11) is 3.54. The van der Waals surface area contributed by atoms with Gasteiger partial charge in [0.15, 0.2) is 0 Å². The molecule has 2 aromatic rings. The molecule has 0 unspecified atom stereocenters. The van der Waals surface area contributed by atoms with Crippen LogP contribution in [0, 0.1) is 0 Å². The predicted octanol–water partition coefficient (Wildman–Crippen LogP) is 3.79. The molecule has 6 heteroatoms. The van der Waals surface area contributed by atoms with E-state index in [1.54, 1.807) is 13.2 Å². The van der Waals surface area contributed by atoms with E-state index < -0.39 is 0 Å². The lowest BCUT2D eigenvalue weighted by Gasteiger charge is -2.16. The molecule has 0 aliphatic heterocycles. The van der Waals surface area contributed by atoms with Crippen molar-refractivity contribution in [3.63, 3.8) is 0 Å². The monoisotopic (exact) mass is 380 g/mol. The van der Waals surface area contributed by atoms with Crippen molar-refractivity contribution in [1.82, 2.24) is 10.2 Å². The number of likely N-dealkylation sites (N-methyl/N-ethyl adjacent to an activating group) is 1. The highest BCUT2D eigenvalue weighted by Crippen LogP contribution is 2.23. The number of amides is 1. The van der Waals surface area contributed by atoms with Crippen molar-refractivity contribution in [2.45, 2.75) is 13.0 Å². The van der Waals surface area contributed by atoms with Gasteiger partial charge in [-0.3, -0.25) is 9.69 Å². The fraction of sp³-hybridized carbons (Fsp3) is 0.316. The van der Waals surface area contributed by atoms with Crippen LogP contribution in [0.4, 0.5) is 0 Å². The van der Waals surface area contributed by atoms with Crippen molar-refractivity contribution in [3.8, 4) is 5.75 Å². The number of benzene rings is 2. The Bertz CT molecular complexity index is 705. The summed E-state index contributed by atoms with van der Waals surface area (Å²) >= 11 is 11.9. The molecule has 134 valence electrons. The van der Waals surface area contributed by atoms with Gasteiger partial charge in [-0.25, -0.2) is 0 Å². The standard InChI is InChI=1S/C19H22Cl2N2O2/c1-23(12-15-5-8-17(20)18(21)11-15)13-19(24)22-10-9-14-3-6-16(25-2)7-4-14/h3-8,11H,9-10,12-13H2,1-2H3,(H,22,24). The van der Waals surface area contributed by atoms with Crippen LogP contribution < -0.4 is 10.1 Å². The number of hydrogen-bond donors (Lipinski definition) is 1. The average Bonchev–Trinajstić information content (AvgIpc) is 2.58. The van der Waals surface area contributed by atoms with E-state index in [-0.39, 0.29) is 5.91 Å². The minimum Gasteiger partial charge on any atom is -0.497 e. The van der Waals surface area contributed by atoms with Crippen LogP contribution in [0.2, 0.25) is 10.0 Å². The van der Waals surface area contributed by atoms with Gasteiger partial charge in [0, 0.05) is 13.1 Å². The van der Waals surface area contributed by atoms with E-state index in [0.717, 1.165) is 23.3 Å². The van der Waals surface area contributed by atoms with Crippen LogP contribution in [0.1, 0.15) is 11.1 Å². The maximum Gasteiger partial charge on any atom is 0.234 e. The number of methoxy groups -OCH3 is 1. The summed E-state index contributed by atoms with van der Waals surface area (Å²) in [6.45, 7) is 1.55. The molecular formula is C19H22Cl2N2O2. The number of nitrogens with one attached hydrogen (secondary N) is 1. The zero-order valence-electron chi connectivity index (χ0n) is 14.4. The predicted molar refractivity (Wildman–Crippen MR) is 103 cm³/mol. The number of ether oxygens (including phenoxy) is 1. The first kappa shape index (κ1) is 19.6. The molecule has 0 spiro atoms. The van der Waals surface area contributed by atoms with Gasteiger partial charge in [0.2, 0.25) is 5.91 Å². The van der Waals surface area contributed by atoms with E-state index in [4.69, 9.17) is 27.9 Å². The Labute approximate surface area is 158 Å². The number of carbonyl (C=O) groups is 1. The molecular weight excluding hydrogens is 359 g/mol. The molecule has 2 aromatic carbocycles. The Morgan fingerprint density at radius 1 is 1.08 bits per heavy atom. The Kier molecular flexibility index (Phi) is 7.56. The highest BCUT2D eigenvalue weighted by Gasteiger charge is 2.08. The van der Waals surface area contributed by atoms with Crippen LogP contribution in [0.25, 0.3) is 0 Å². The van der Waals surface area contributed by atoms with Gasteiger partial charge in [-0.1, -0.05) is 41.4 Å². The number of carbonyl (C=O) groups excluding carboxylic acids is 1. The summed E-state index contributed by atoms with van der Waals surface area (Å²) in [6, 6.07) is 13.3. The third-order valence-corrected chi connectivity index (χ3v) is 4.48. The summed E-state index contributed by atoms with van der Waals surface area (Å²) < 4.78 is 5.13. The van der Waals surface area contributed by atoms with Crippen molar-refractivity contribution in [2.24, 2.45) is 0 Å². The molecule has 4 nitrogen and oxygen atoms in total. The van der Waals surface area contributed by atoms with E-state index in [0.29, 0.717) is 29.7 Å². The van der Waals surface area contributed by atoms with Crippen LogP contribution in [-0.4, -0.2) is 38.1 Å². The van der Waals surface area contributed by atoms with Crippen molar-refractivity contribution in [3.05, 3.63) is 63.6 Å². The SMILES string of the molecule is COc1ccc(CCNC(=O)CN(C)Cc2ccc(Cl)c(Cl)c2)cc1. The van der Waals surface area contributed by atoms with E-state index in [2.05, 4.69) is 5.32 Å². The first-order valence-electron chi connectivity index (χ1n) is 8.00. The van der Waals surface area contributed by atoms with Crippen molar-refractivity contribution >= 4 is 29.1 Å². The highest BCUT2D eigenvalue weighted by atomic mass is 35.5. The van der Waals surface area contributed by atoms with Gasteiger partial charge >= 0.3 is 0 Å². The molecule has 0 atom stereocenters. The Morgan fingerprint density at radius 2 is 1.76 bits per heavy atom. The molecule has 1 N–H and O–H groups in total. The zero-order valence-corrected chi connectivity index (χ0v) is 15.9. The molecule has 1 amide bonds. The van der Waals surface area contributed by atoms with E-state index in [9.17, 15) is 4.79 Å². The highest BCUT2D eigenvalue weighted by molar-refractivity contribution is 6.42. The van der Waals surface area contributed by atoms with Crippen LogP contribution in [0.15, 0.2) is 42.5 Å². The maximum absolute atomic E-state index is 12.0. The van der Waals surface area contributed by atoms with Crippen LogP contribution >= 0.6 is 23.2 Å². The second kappa shape index (κ2) is 9.66. The van der Waals surface area contributed by atoms with Gasteiger partial charge < -0.3 is 10.1 Å². The van der Waals surface area contributed by atoms with Gasteiger partial charge in [0.05, 0.1) is 23.7 Å². The summed E-state index contributed by atoms with van der Waals surface area (Å²) in [5.41, 5.74) is 2.17. The number of nitrogens with zero attached hydrogens (tertiary/aromatic N) is 1. The molecule has 0 saturated carbocycles. The number of halogens is 2. The second-order valence-corrected chi connectivity index (χ2v) is 6.68. The molecule has 25 heavy (non-hydrogen) atoms. The molecule has 0 heterocycles. The summed E-state index contributed by atoms with van der Waals surface area (Å²) in [4.78, 5) is 14.0. The fourth-order valence-electron chi connectivity index (χ4n) is 2.45. The Balaban J connectivity index is 1.72. The quantitative estimate of drug-likeness (QED) is 0.757. The maximum atomic E-state index is 12.0. The molecule has 0 bridgehead atoms. The van der Waals surface area contributed by atoms with E-state index >= 15 is 0 Å². The molecule has 0 aliphatic carbocycles. The minimum atomic E-state index is -0.00364. The first-order valence-corrected chi connectivity index (χ1v) is 8.75. The summed E-state index contributed by atoms with van der Waals surface area (Å²) in [6.07, 6.45) is 0.784. The molecule has 0 saturated heterocycles. The smallest absolute Gasteiger partial charge is 0.234 e. The lowest BCUT2D eigenvalue weighted by molar-refractivity contribution is -0.122. The van der Waals surface area contributed by atoms with Crippen LogP contribution in [0.3, 0.4) is 0 Å². The molecule has 0 fully saturated rings. The van der Waals surface area contributed by atoms with Crippen molar-refractivity contribution in [1.29, 1.82) is 0 Å². The van der Waals surface area contributed by atoms with Gasteiger partial charge in [-0.15, -0.1) is 0 Å². The zero-order chi connectivity index (χ0) is 18.2. The fourth-order valence-corrected chi connectivity index (χ4v) is 2.77. The number of rotatable bonds is 8. The second-order valence-electron chi connectivity index (χ2n) is 5.87. The minimum absolute atomic E-state index is 0.00364. The van der Waals surface area contributed by atoms with Gasteiger partial charge in [0.1, 0.15) is 5.75 Å². The summed E-state index contributed by atoms with van der Waals surface area (Å²) in [5.74, 6) is 0.827. The Hall–Kier alpha value is -1.75. The first-order chi connectivity index (χ1) is 12.0. The van der Waals surface area contributed by atoms with Crippen molar-refractivity contribution < 1.29 is 9.53 Å². The number of hydrogen-bond acceptors (Lipinski definition) is 3. The van der Waals surface area contributed by atoms with Gasteiger partial charge in [0.25, 0.3) is 0 Å². The molecule has 0 aromatic heterocycles. The topological polar surface area (TPSA) is 41.6 Å². The Morgan fingerprint density at radius 3 is 2.40 bits per heavy atom.